The Balaban J connectivity index is 2.10. The van der Waals surface area contributed by atoms with Crippen molar-refractivity contribution in [1.29, 1.82) is 0 Å². The zero-order chi connectivity index (χ0) is 14.6. The fourth-order valence-corrected chi connectivity index (χ4v) is 4.65. The molecule has 0 aliphatic carbocycles. The van der Waals surface area contributed by atoms with Gasteiger partial charge in [-0.25, -0.2) is 8.42 Å². The topological polar surface area (TPSA) is 46.6 Å². The Morgan fingerprint density at radius 3 is 2.65 bits per heavy atom. The van der Waals surface area contributed by atoms with Gasteiger partial charge >= 0.3 is 0 Å². The molecule has 1 saturated heterocycles. The number of sulfonamides is 1. The molecule has 0 saturated carbocycles. The minimum atomic E-state index is -3.21. The average molecular weight is 317 g/mol. The largest absolute Gasteiger partial charge is 0.381 e. The quantitative estimate of drug-likeness (QED) is 0.810. The maximum Gasteiger partial charge on any atom is 0.216 e. The molecule has 1 aromatic heterocycles. The summed E-state index contributed by atoms with van der Waals surface area (Å²) < 4.78 is 32.2. The molecule has 0 radical (unpaired) electrons. The van der Waals surface area contributed by atoms with Crippen LogP contribution in [0.3, 0.4) is 0 Å². The molecule has 1 aliphatic heterocycles. The standard InChI is InChI=1S/C14H23NO3S2/c1-12(2)20(16,17)15(13-6-9-18-10-7-13)8-5-14-4-3-11-19-14/h3-4,11-13H,5-10H2,1-2H3. The lowest BCUT2D eigenvalue weighted by Crippen LogP contribution is -2.47. The van der Waals surface area contributed by atoms with Crippen LogP contribution in [0.5, 0.6) is 0 Å². The van der Waals surface area contributed by atoms with Gasteiger partial charge in [0.2, 0.25) is 10.0 Å². The molecule has 2 heterocycles. The summed E-state index contributed by atoms with van der Waals surface area (Å²) in [5.74, 6) is 0. The Labute approximate surface area is 125 Å². The van der Waals surface area contributed by atoms with Crippen LogP contribution < -0.4 is 0 Å². The molecule has 0 unspecified atom stereocenters. The molecule has 4 nitrogen and oxygen atoms in total. The van der Waals surface area contributed by atoms with Gasteiger partial charge in [0, 0.05) is 30.7 Å². The Bertz CT molecular complexity index is 490. The second-order valence-electron chi connectivity index (χ2n) is 5.38. The van der Waals surface area contributed by atoms with E-state index in [9.17, 15) is 8.42 Å². The molecule has 0 aromatic carbocycles. The SMILES string of the molecule is CC(C)S(=O)(=O)N(CCc1cccs1)C1CCOCC1. The van der Waals surface area contributed by atoms with Crippen molar-refractivity contribution in [2.24, 2.45) is 0 Å². The van der Waals surface area contributed by atoms with Crippen molar-refractivity contribution >= 4 is 21.4 Å². The summed E-state index contributed by atoms with van der Waals surface area (Å²) in [6, 6.07) is 4.17. The van der Waals surface area contributed by atoms with Crippen LogP contribution in [0, 0.1) is 0 Å². The van der Waals surface area contributed by atoms with Crippen LogP contribution in [-0.2, 0) is 21.2 Å². The minimum Gasteiger partial charge on any atom is -0.381 e. The van der Waals surface area contributed by atoms with Gasteiger partial charge in [-0.15, -0.1) is 11.3 Å². The summed E-state index contributed by atoms with van der Waals surface area (Å²) in [6.45, 7) is 5.41. The number of hydrogen-bond acceptors (Lipinski definition) is 4. The van der Waals surface area contributed by atoms with Crippen LogP contribution >= 0.6 is 11.3 Å². The van der Waals surface area contributed by atoms with E-state index in [2.05, 4.69) is 6.07 Å². The van der Waals surface area contributed by atoms with Gasteiger partial charge in [0.05, 0.1) is 5.25 Å². The van der Waals surface area contributed by atoms with Crippen LogP contribution in [-0.4, -0.2) is 43.8 Å². The van der Waals surface area contributed by atoms with E-state index in [1.165, 1.54) is 4.88 Å². The summed E-state index contributed by atoms with van der Waals surface area (Å²) in [5, 5.41) is 1.67. The first-order valence-electron chi connectivity index (χ1n) is 7.12. The molecular formula is C14H23NO3S2. The maximum atomic E-state index is 12.6. The molecule has 1 fully saturated rings. The normalized spacial score (nSPS) is 18.0. The second kappa shape index (κ2) is 7.02. The smallest absolute Gasteiger partial charge is 0.216 e. The van der Waals surface area contributed by atoms with E-state index in [0.29, 0.717) is 19.8 Å². The van der Waals surface area contributed by atoms with E-state index in [1.54, 1.807) is 29.5 Å². The second-order valence-corrected chi connectivity index (χ2v) is 8.85. The highest BCUT2D eigenvalue weighted by Crippen LogP contribution is 2.22. The van der Waals surface area contributed by atoms with Crippen molar-refractivity contribution in [2.45, 2.75) is 44.4 Å². The molecule has 0 amide bonds. The van der Waals surface area contributed by atoms with Gasteiger partial charge in [0.15, 0.2) is 0 Å². The van der Waals surface area contributed by atoms with Crippen molar-refractivity contribution in [3.63, 3.8) is 0 Å². The van der Waals surface area contributed by atoms with Crippen LogP contribution in [0.25, 0.3) is 0 Å². The lowest BCUT2D eigenvalue weighted by molar-refractivity contribution is 0.0585. The highest BCUT2D eigenvalue weighted by atomic mass is 32.2. The number of thiophene rings is 1. The molecule has 0 bridgehead atoms. The number of hydrogen-bond donors (Lipinski definition) is 0. The first-order valence-corrected chi connectivity index (χ1v) is 9.51. The molecule has 0 atom stereocenters. The molecule has 0 spiro atoms. The molecule has 1 aliphatic rings. The summed E-state index contributed by atoms with van der Waals surface area (Å²) in [7, 11) is -3.21. The van der Waals surface area contributed by atoms with Gasteiger partial charge in [0.25, 0.3) is 0 Å². The van der Waals surface area contributed by atoms with Crippen LogP contribution in [0.15, 0.2) is 17.5 Å². The molecular weight excluding hydrogens is 294 g/mol. The lowest BCUT2D eigenvalue weighted by atomic mass is 10.1. The maximum absolute atomic E-state index is 12.6. The predicted molar refractivity (Wildman–Crippen MR) is 82.6 cm³/mol. The van der Waals surface area contributed by atoms with E-state index < -0.39 is 10.0 Å². The summed E-state index contributed by atoms with van der Waals surface area (Å²) in [6.07, 6.45) is 2.40. The Hall–Kier alpha value is -0.430. The monoisotopic (exact) mass is 317 g/mol. The van der Waals surface area contributed by atoms with Crippen molar-refractivity contribution in [3.05, 3.63) is 22.4 Å². The predicted octanol–water partition coefficient (Wildman–Crippen LogP) is 2.51. The molecule has 0 N–H and O–H groups in total. The van der Waals surface area contributed by atoms with Crippen molar-refractivity contribution in [2.75, 3.05) is 19.8 Å². The van der Waals surface area contributed by atoms with E-state index in [0.717, 1.165) is 19.3 Å². The first kappa shape index (κ1) is 15.9. The molecule has 20 heavy (non-hydrogen) atoms. The van der Waals surface area contributed by atoms with Gasteiger partial charge in [-0.3, -0.25) is 0 Å². The Morgan fingerprint density at radius 1 is 1.40 bits per heavy atom. The van der Waals surface area contributed by atoms with Gasteiger partial charge < -0.3 is 4.74 Å². The third-order valence-corrected chi connectivity index (χ3v) is 6.94. The van der Waals surface area contributed by atoms with Gasteiger partial charge in [-0.2, -0.15) is 4.31 Å². The number of rotatable bonds is 6. The van der Waals surface area contributed by atoms with E-state index in [-0.39, 0.29) is 11.3 Å². The molecule has 6 heteroatoms. The van der Waals surface area contributed by atoms with E-state index >= 15 is 0 Å². The van der Waals surface area contributed by atoms with Crippen molar-refractivity contribution in [3.8, 4) is 0 Å². The highest BCUT2D eigenvalue weighted by molar-refractivity contribution is 7.89. The van der Waals surface area contributed by atoms with Crippen molar-refractivity contribution in [1.82, 2.24) is 4.31 Å². The first-order chi connectivity index (χ1) is 9.51. The van der Waals surface area contributed by atoms with E-state index in [1.807, 2.05) is 11.4 Å². The zero-order valence-electron chi connectivity index (χ0n) is 12.1. The Kier molecular flexibility index (Phi) is 5.60. The highest BCUT2D eigenvalue weighted by Gasteiger charge is 2.33. The Morgan fingerprint density at radius 2 is 2.10 bits per heavy atom. The van der Waals surface area contributed by atoms with Crippen LogP contribution in [0.2, 0.25) is 0 Å². The zero-order valence-corrected chi connectivity index (χ0v) is 13.8. The summed E-state index contributed by atoms with van der Waals surface area (Å²) in [4.78, 5) is 1.24. The fraction of sp³-hybridized carbons (Fsp3) is 0.714. The molecule has 114 valence electrons. The fourth-order valence-electron chi connectivity index (χ4n) is 2.44. The number of nitrogens with zero attached hydrogens (tertiary/aromatic N) is 1. The minimum absolute atomic E-state index is 0.0936. The third kappa shape index (κ3) is 3.81. The molecule has 1 aromatic rings. The molecule has 2 rings (SSSR count). The lowest BCUT2D eigenvalue weighted by Gasteiger charge is -2.34. The van der Waals surface area contributed by atoms with Gasteiger partial charge in [-0.05, 0) is 44.6 Å². The summed E-state index contributed by atoms with van der Waals surface area (Å²) >= 11 is 1.68. The van der Waals surface area contributed by atoms with Crippen LogP contribution in [0.1, 0.15) is 31.6 Å². The number of ether oxygens (including phenoxy) is 1. The van der Waals surface area contributed by atoms with E-state index in [4.69, 9.17) is 4.74 Å². The van der Waals surface area contributed by atoms with Crippen LogP contribution in [0.4, 0.5) is 0 Å². The van der Waals surface area contributed by atoms with Gasteiger partial charge in [-0.1, -0.05) is 6.07 Å². The average Bonchev–Trinajstić information content (AvgIpc) is 2.93. The van der Waals surface area contributed by atoms with Gasteiger partial charge in [0.1, 0.15) is 0 Å². The summed E-state index contributed by atoms with van der Waals surface area (Å²) in [5.41, 5.74) is 0. The third-order valence-electron chi connectivity index (χ3n) is 3.68. The van der Waals surface area contributed by atoms with Crippen molar-refractivity contribution < 1.29 is 13.2 Å².